The van der Waals surface area contributed by atoms with Crippen molar-refractivity contribution in [1.82, 2.24) is 15.3 Å². The standard InChI is InChI=1S/C19H22N4O3/c1-20-19-21-9-14(10-22-19)18(25)23-17(13-7-15(24)8-13)12-2-3-16-11(6-12)4-5-26-16/h2-3,6,9-10,13,15,17,24H,4-5,7-8H2,1H3,(H,23,25)(H,20,21,22)/t13?,15?,17-/m1/s1. The maximum Gasteiger partial charge on any atom is 0.254 e. The molecule has 2 aromatic rings. The Morgan fingerprint density at radius 3 is 2.77 bits per heavy atom. The van der Waals surface area contributed by atoms with Gasteiger partial charge in [0.2, 0.25) is 5.95 Å². The molecule has 4 rings (SSSR count). The molecule has 0 bridgehead atoms. The molecule has 0 spiro atoms. The summed E-state index contributed by atoms with van der Waals surface area (Å²) in [5.41, 5.74) is 2.63. The van der Waals surface area contributed by atoms with E-state index in [0.29, 0.717) is 31.0 Å². The van der Waals surface area contributed by atoms with Crippen molar-refractivity contribution in [2.45, 2.75) is 31.4 Å². The van der Waals surface area contributed by atoms with Crippen molar-refractivity contribution in [2.24, 2.45) is 5.92 Å². The quantitative estimate of drug-likeness (QED) is 0.756. The van der Waals surface area contributed by atoms with Gasteiger partial charge in [0.25, 0.3) is 5.91 Å². The number of anilines is 1. The summed E-state index contributed by atoms with van der Waals surface area (Å²) < 4.78 is 5.57. The van der Waals surface area contributed by atoms with Crippen molar-refractivity contribution in [3.63, 3.8) is 0 Å². The lowest BCUT2D eigenvalue weighted by Gasteiger charge is -2.38. The molecule has 2 aliphatic rings. The number of aliphatic hydroxyl groups is 1. The molecule has 7 nitrogen and oxygen atoms in total. The van der Waals surface area contributed by atoms with Crippen LogP contribution in [0.25, 0.3) is 0 Å². The third kappa shape index (κ3) is 3.22. The first-order valence-electron chi connectivity index (χ1n) is 8.88. The Morgan fingerprint density at radius 1 is 1.31 bits per heavy atom. The molecule has 0 saturated heterocycles. The van der Waals surface area contributed by atoms with Gasteiger partial charge in [-0.25, -0.2) is 9.97 Å². The molecule has 2 heterocycles. The summed E-state index contributed by atoms with van der Waals surface area (Å²) in [7, 11) is 1.73. The van der Waals surface area contributed by atoms with Crippen LogP contribution in [0.15, 0.2) is 30.6 Å². The Bertz CT molecular complexity index is 803. The highest BCUT2D eigenvalue weighted by atomic mass is 16.5. The topological polar surface area (TPSA) is 96.4 Å². The summed E-state index contributed by atoms with van der Waals surface area (Å²) in [5, 5.41) is 15.7. The molecule has 7 heteroatoms. The van der Waals surface area contributed by atoms with E-state index in [0.717, 1.165) is 17.7 Å². The first-order chi connectivity index (χ1) is 12.6. The van der Waals surface area contributed by atoms with Crippen molar-refractivity contribution >= 4 is 11.9 Å². The molecule has 1 aliphatic heterocycles. The van der Waals surface area contributed by atoms with Gasteiger partial charge in [-0.3, -0.25) is 4.79 Å². The number of hydrogen-bond acceptors (Lipinski definition) is 6. The van der Waals surface area contributed by atoms with Gasteiger partial charge in [-0.2, -0.15) is 0 Å². The van der Waals surface area contributed by atoms with Gasteiger partial charge < -0.3 is 20.5 Å². The lowest BCUT2D eigenvalue weighted by atomic mass is 9.74. The van der Waals surface area contributed by atoms with Crippen LogP contribution in [-0.4, -0.2) is 40.7 Å². The smallest absolute Gasteiger partial charge is 0.254 e. The lowest BCUT2D eigenvalue weighted by Crippen LogP contribution is -2.41. The maximum absolute atomic E-state index is 12.7. The van der Waals surface area contributed by atoms with Crippen molar-refractivity contribution in [1.29, 1.82) is 0 Å². The fraction of sp³-hybridized carbons (Fsp3) is 0.421. The highest BCUT2D eigenvalue weighted by molar-refractivity contribution is 5.94. The van der Waals surface area contributed by atoms with E-state index in [1.54, 1.807) is 7.05 Å². The number of hydrogen-bond donors (Lipinski definition) is 3. The van der Waals surface area contributed by atoms with Crippen LogP contribution in [0.5, 0.6) is 5.75 Å². The minimum Gasteiger partial charge on any atom is -0.493 e. The second-order valence-corrected chi connectivity index (χ2v) is 6.85. The van der Waals surface area contributed by atoms with Gasteiger partial charge in [0, 0.05) is 25.9 Å². The molecule has 0 unspecified atom stereocenters. The summed E-state index contributed by atoms with van der Waals surface area (Å²) >= 11 is 0. The summed E-state index contributed by atoms with van der Waals surface area (Å²) in [6.07, 6.45) is 5.00. The predicted molar refractivity (Wildman–Crippen MR) is 96.2 cm³/mol. The molecule has 1 aromatic heterocycles. The highest BCUT2D eigenvalue weighted by Crippen LogP contribution is 2.39. The van der Waals surface area contributed by atoms with Gasteiger partial charge in [0.1, 0.15) is 5.75 Å². The molecular weight excluding hydrogens is 332 g/mol. The second kappa shape index (κ2) is 6.92. The molecule has 1 fully saturated rings. The minimum absolute atomic E-state index is 0.152. The van der Waals surface area contributed by atoms with E-state index in [2.05, 4.69) is 26.7 Å². The molecular formula is C19H22N4O3. The van der Waals surface area contributed by atoms with Crippen LogP contribution < -0.4 is 15.4 Å². The average molecular weight is 354 g/mol. The first-order valence-corrected chi connectivity index (χ1v) is 8.88. The largest absolute Gasteiger partial charge is 0.493 e. The fourth-order valence-corrected chi connectivity index (χ4v) is 3.57. The number of rotatable bonds is 5. The van der Waals surface area contributed by atoms with E-state index in [1.165, 1.54) is 18.0 Å². The van der Waals surface area contributed by atoms with Crippen molar-refractivity contribution < 1.29 is 14.6 Å². The Hall–Kier alpha value is -2.67. The Kier molecular flexibility index (Phi) is 4.46. The van der Waals surface area contributed by atoms with Crippen LogP contribution in [0.3, 0.4) is 0 Å². The summed E-state index contributed by atoms with van der Waals surface area (Å²) in [6.45, 7) is 0.701. The minimum atomic E-state index is -0.282. The number of fused-ring (bicyclic) bond motifs is 1. The van der Waals surface area contributed by atoms with E-state index in [9.17, 15) is 9.90 Å². The number of benzene rings is 1. The number of aromatic nitrogens is 2. The van der Waals surface area contributed by atoms with Crippen LogP contribution in [0.2, 0.25) is 0 Å². The molecule has 0 radical (unpaired) electrons. The number of nitrogens with zero attached hydrogens (tertiary/aromatic N) is 2. The Morgan fingerprint density at radius 2 is 2.08 bits per heavy atom. The van der Waals surface area contributed by atoms with E-state index < -0.39 is 0 Å². The third-order valence-electron chi connectivity index (χ3n) is 5.12. The summed E-state index contributed by atoms with van der Waals surface area (Å²) in [5.74, 6) is 1.39. The molecule has 1 aromatic carbocycles. The molecule has 1 saturated carbocycles. The molecule has 1 aliphatic carbocycles. The van der Waals surface area contributed by atoms with Crippen LogP contribution in [0.4, 0.5) is 5.95 Å². The molecule has 136 valence electrons. The number of carbonyl (C=O) groups excluding carboxylic acids is 1. The Balaban J connectivity index is 1.56. The summed E-state index contributed by atoms with van der Waals surface area (Å²) in [6, 6.07) is 5.93. The van der Waals surface area contributed by atoms with Crippen LogP contribution in [0.1, 0.15) is 40.4 Å². The van der Waals surface area contributed by atoms with E-state index in [4.69, 9.17) is 4.74 Å². The van der Waals surface area contributed by atoms with Crippen LogP contribution in [0, 0.1) is 5.92 Å². The first kappa shape index (κ1) is 16.8. The number of carbonyl (C=O) groups is 1. The van der Waals surface area contributed by atoms with Crippen LogP contribution in [-0.2, 0) is 6.42 Å². The molecule has 1 amide bonds. The van der Waals surface area contributed by atoms with E-state index >= 15 is 0 Å². The zero-order valence-corrected chi connectivity index (χ0v) is 14.6. The lowest BCUT2D eigenvalue weighted by molar-refractivity contribution is 0.0235. The highest BCUT2D eigenvalue weighted by Gasteiger charge is 2.36. The number of amides is 1. The number of aliphatic hydroxyl groups excluding tert-OH is 1. The van der Waals surface area contributed by atoms with Crippen molar-refractivity contribution in [3.05, 3.63) is 47.3 Å². The van der Waals surface area contributed by atoms with Gasteiger partial charge in [0.05, 0.1) is 24.3 Å². The normalized spacial score (nSPS) is 21.9. The third-order valence-corrected chi connectivity index (χ3v) is 5.12. The zero-order valence-electron chi connectivity index (χ0n) is 14.6. The van der Waals surface area contributed by atoms with E-state index in [-0.39, 0.29) is 24.0 Å². The van der Waals surface area contributed by atoms with Gasteiger partial charge in [0.15, 0.2) is 0 Å². The summed E-state index contributed by atoms with van der Waals surface area (Å²) in [4.78, 5) is 20.9. The molecule has 26 heavy (non-hydrogen) atoms. The van der Waals surface area contributed by atoms with Crippen LogP contribution >= 0.6 is 0 Å². The van der Waals surface area contributed by atoms with E-state index in [1.807, 2.05) is 12.1 Å². The second-order valence-electron chi connectivity index (χ2n) is 6.85. The zero-order chi connectivity index (χ0) is 18.1. The van der Waals surface area contributed by atoms with Gasteiger partial charge >= 0.3 is 0 Å². The van der Waals surface area contributed by atoms with Gasteiger partial charge in [-0.1, -0.05) is 6.07 Å². The van der Waals surface area contributed by atoms with Crippen molar-refractivity contribution in [2.75, 3.05) is 19.0 Å². The number of ether oxygens (including phenoxy) is 1. The predicted octanol–water partition coefficient (Wildman–Crippen LogP) is 1.70. The van der Waals surface area contributed by atoms with Gasteiger partial charge in [-0.15, -0.1) is 0 Å². The molecule has 1 atom stereocenters. The monoisotopic (exact) mass is 354 g/mol. The van der Waals surface area contributed by atoms with Gasteiger partial charge in [-0.05, 0) is 42.0 Å². The molecule has 3 N–H and O–H groups in total. The fourth-order valence-electron chi connectivity index (χ4n) is 3.57. The Labute approximate surface area is 151 Å². The van der Waals surface area contributed by atoms with Crippen molar-refractivity contribution in [3.8, 4) is 5.75 Å². The SMILES string of the molecule is CNc1ncc(C(=O)N[C@H](c2ccc3c(c2)CCO3)C2CC(O)C2)cn1. The number of nitrogens with one attached hydrogen (secondary N) is 2. The maximum atomic E-state index is 12.7. The average Bonchev–Trinajstić information content (AvgIpc) is 3.11.